The lowest BCUT2D eigenvalue weighted by Gasteiger charge is -2.13. The van der Waals surface area contributed by atoms with Gasteiger partial charge < -0.3 is 10.2 Å². The second kappa shape index (κ2) is 4.56. The fourth-order valence-electron chi connectivity index (χ4n) is 1.38. The Morgan fingerprint density at radius 2 is 2.06 bits per heavy atom. The van der Waals surface area contributed by atoms with Crippen LogP contribution in [0.2, 0.25) is 0 Å². The summed E-state index contributed by atoms with van der Waals surface area (Å²) in [7, 11) is 1.67. The zero-order valence-electron chi connectivity index (χ0n) is 9.52. The molecule has 0 amide bonds. The molecule has 0 bridgehead atoms. The molecule has 0 aliphatic heterocycles. The van der Waals surface area contributed by atoms with Crippen molar-refractivity contribution >= 4 is 0 Å². The van der Waals surface area contributed by atoms with Crippen LogP contribution in [0.5, 0.6) is 0 Å². The van der Waals surface area contributed by atoms with Gasteiger partial charge in [-0.2, -0.15) is 4.80 Å². The molecule has 17 heavy (non-hydrogen) atoms. The summed E-state index contributed by atoms with van der Waals surface area (Å²) in [6.07, 6.45) is -0.285. The standard InChI is InChI=1S/C10H13N5O2/c1-6(16)9(17)7-3-4-8(11-5-7)10-12-14-15(2)13-10/h3-6,9,16-17H,1-2H3. The van der Waals surface area contributed by atoms with Crippen LogP contribution in [-0.4, -0.2) is 41.5 Å². The van der Waals surface area contributed by atoms with E-state index in [1.165, 1.54) is 17.9 Å². The minimum atomic E-state index is -0.939. The summed E-state index contributed by atoms with van der Waals surface area (Å²) < 4.78 is 0. The Balaban J connectivity index is 2.24. The summed E-state index contributed by atoms with van der Waals surface area (Å²) >= 11 is 0. The fourth-order valence-corrected chi connectivity index (χ4v) is 1.38. The molecule has 0 radical (unpaired) electrons. The van der Waals surface area contributed by atoms with Crippen LogP contribution in [0.15, 0.2) is 18.3 Å². The van der Waals surface area contributed by atoms with Gasteiger partial charge in [0.05, 0.1) is 13.2 Å². The molecule has 0 saturated heterocycles. The Morgan fingerprint density at radius 3 is 2.53 bits per heavy atom. The maximum Gasteiger partial charge on any atom is 0.223 e. The van der Waals surface area contributed by atoms with E-state index >= 15 is 0 Å². The molecule has 2 unspecified atom stereocenters. The third kappa shape index (κ3) is 2.45. The minimum absolute atomic E-state index is 0.422. The number of hydrogen-bond donors (Lipinski definition) is 2. The lowest BCUT2D eigenvalue weighted by Crippen LogP contribution is -2.13. The van der Waals surface area contributed by atoms with E-state index in [0.29, 0.717) is 17.1 Å². The van der Waals surface area contributed by atoms with E-state index in [4.69, 9.17) is 0 Å². The smallest absolute Gasteiger partial charge is 0.223 e. The molecular formula is C10H13N5O2. The van der Waals surface area contributed by atoms with Gasteiger partial charge in [0.15, 0.2) is 0 Å². The van der Waals surface area contributed by atoms with Gasteiger partial charge in [0, 0.05) is 11.8 Å². The second-order valence-electron chi connectivity index (χ2n) is 3.76. The number of hydrogen-bond acceptors (Lipinski definition) is 6. The second-order valence-corrected chi connectivity index (χ2v) is 3.76. The van der Waals surface area contributed by atoms with Crippen molar-refractivity contribution in [3.8, 4) is 11.5 Å². The van der Waals surface area contributed by atoms with Crippen molar-refractivity contribution in [1.29, 1.82) is 0 Å². The number of pyridine rings is 1. The lowest BCUT2D eigenvalue weighted by molar-refractivity contribution is 0.0303. The van der Waals surface area contributed by atoms with E-state index in [0.717, 1.165) is 0 Å². The van der Waals surface area contributed by atoms with E-state index in [2.05, 4.69) is 20.4 Å². The van der Waals surface area contributed by atoms with Crippen LogP contribution >= 0.6 is 0 Å². The monoisotopic (exact) mass is 235 g/mol. The molecule has 90 valence electrons. The summed E-state index contributed by atoms with van der Waals surface area (Å²) in [4.78, 5) is 5.46. The average Bonchev–Trinajstić information content (AvgIpc) is 2.75. The number of aromatic nitrogens is 5. The van der Waals surface area contributed by atoms with Crippen LogP contribution < -0.4 is 0 Å². The molecule has 2 aromatic heterocycles. The van der Waals surface area contributed by atoms with Crippen LogP contribution in [0.1, 0.15) is 18.6 Å². The zero-order valence-corrected chi connectivity index (χ0v) is 9.52. The Kier molecular flexibility index (Phi) is 3.12. The van der Waals surface area contributed by atoms with Crippen LogP contribution in [0.3, 0.4) is 0 Å². The number of aliphatic hydroxyl groups excluding tert-OH is 2. The number of aliphatic hydroxyl groups is 2. The van der Waals surface area contributed by atoms with Gasteiger partial charge in [-0.3, -0.25) is 4.98 Å². The van der Waals surface area contributed by atoms with Crippen molar-refractivity contribution in [2.45, 2.75) is 19.1 Å². The van der Waals surface area contributed by atoms with Gasteiger partial charge in [-0.1, -0.05) is 6.07 Å². The van der Waals surface area contributed by atoms with Crippen molar-refractivity contribution in [2.75, 3.05) is 0 Å². The predicted molar refractivity (Wildman–Crippen MR) is 58.7 cm³/mol. The highest BCUT2D eigenvalue weighted by molar-refractivity contribution is 5.47. The van der Waals surface area contributed by atoms with Gasteiger partial charge in [0.2, 0.25) is 5.82 Å². The fraction of sp³-hybridized carbons (Fsp3) is 0.400. The molecule has 0 fully saturated rings. The van der Waals surface area contributed by atoms with Gasteiger partial charge in [-0.25, -0.2) is 0 Å². The highest BCUT2D eigenvalue weighted by atomic mass is 16.3. The molecule has 2 aromatic rings. The summed E-state index contributed by atoms with van der Waals surface area (Å²) in [6, 6.07) is 3.36. The van der Waals surface area contributed by atoms with Gasteiger partial charge in [-0.15, -0.1) is 10.2 Å². The third-order valence-corrected chi connectivity index (χ3v) is 2.32. The number of aryl methyl sites for hydroxylation is 1. The van der Waals surface area contributed by atoms with Crippen LogP contribution in [0.4, 0.5) is 0 Å². The molecule has 7 nitrogen and oxygen atoms in total. The van der Waals surface area contributed by atoms with Crippen molar-refractivity contribution < 1.29 is 10.2 Å². The quantitative estimate of drug-likeness (QED) is 0.757. The summed E-state index contributed by atoms with van der Waals surface area (Å²) in [5, 5.41) is 30.4. The molecule has 2 rings (SSSR count). The Bertz CT molecular complexity index is 494. The van der Waals surface area contributed by atoms with Gasteiger partial charge in [-0.05, 0) is 18.2 Å². The maximum atomic E-state index is 9.63. The van der Waals surface area contributed by atoms with E-state index in [1.54, 1.807) is 19.2 Å². The Labute approximate surface area is 97.7 Å². The number of nitrogens with zero attached hydrogens (tertiary/aromatic N) is 5. The van der Waals surface area contributed by atoms with Crippen LogP contribution in [-0.2, 0) is 7.05 Å². The van der Waals surface area contributed by atoms with Gasteiger partial charge in [0.25, 0.3) is 0 Å². The average molecular weight is 235 g/mol. The number of rotatable bonds is 3. The number of tetrazole rings is 1. The van der Waals surface area contributed by atoms with E-state index in [1.807, 2.05) is 0 Å². The molecule has 0 aliphatic carbocycles. The first-order valence-electron chi connectivity index (χ1n) is 5.14. The highest BCUT2D eigenvalue weighted by Crippen LogP contribution is 2.18. The molecule has 7 heteroatoms. The largest absolute Gasteiger partial charge is 0.390 e. The van der Waals surface area contributed by atoms with E-state index in [-0.39, 0.29) is 0 Å². The molecule has 2 heterocycles. The lowest BCUT2D eigenvalue weighted by atomic mass is 10.1. The van der Waals surface area contributed by atoms with Crippen LogP contribution in [0, 0.1) is 0 Å². The molecule has 0 spiro atoms. The molecule has 2 atom stereocenters. The first-order valence-corrected chi connectivity index (χ1v) is 5.14. The predicted octanol–water partition coefficient (Wildman–Crippen LogP) is -0.314. The molecule has 0 aromatic carbocycles. The van der Waals surface area contributed by atoms with Crippen LogP contribution in [0.25, 0.3) is 11.5 Å². The molecule has 0 aliphatic rings. The molecule has 2 N–H and O–H groups in total. The first-order chi connectivity index (χ1) is 8.08. The van der Waals surface area contributed by atoms with Gasteiger partial charge in [0.1, 0.15) is 11.8 Å². The highest BCUT2D eigenvalue weighted by Gasteiger charge is 2.14. The van der Waals surface area contributed by atoms with Crippen molar-refractivity contribution in [1.82, 2.24) is 25.2 Å². The summed E-state index contributed by atoms with van der Waals surface area (Å²) in [5.74, 6) is 0.422. The van der Waals surface area contributed by atoms with Crippen molar-refractivity contribution in [3.05, 3.63) is 23.9 Å². The Hall–Kier alpha value is -1.86. The van der Waals surface area contributed by atoms with E-state index < -0.39 is 12.2 Å². The van der Waals surface area contributed by atoms with Crippen molar-refractivity contribution in [3.63, 3.8) is 0 Å². The summed E-state index contributed by atoms with van der Waals surface area (Å²) in [5.41, 5.74) is 1.12. The van der Waals surface area contributed by atoms with E-state index in [9.17, 15) is 10.2 Å². The zero-order chi connectivity index (χ0) is 12.4. The Morgan fingerprint density at radius 1 is 1.29 bits per heavy atom. The summed E-state index contributed by atoms with van der Waals surface area (Å²) in [6.45, 7) is 1.52. The normalized spacial score (nSPS) is 14.6. The maximum absolute atomic E-state index is 9.63. The minimum Gasteiger partial charge on any atom is -0.390 e. The molecule has 0 saturated carbocycles. The topological polar surface area (TPSA) is 97.0 Å². The first kappa shape index (κ1) is 11.6. The van der Waals surface area contributed by atoms with Crippen molar-refractivity contribution in [2.24, 2.45) is 7.05 Å². The third-order valence-electron chi connectivity index (χ3n) is 2.32. The van der Waals surface area contributed by atoms with Gasteiger partial charge >= 0.3 is 0 Å². The molecular weight excluding hydrogens is 222 g/mol. The SMILES string of the molecule is CC(O)C(O)c1ccc(-c2nnn(C)n2)nc1.